The molecule has 0 spiro atoms. The standard InChI is InChI=1S/C22H29N3O5S/c1-3-30-15-12-22(26)23-17-10-11-19(25-13-6-7-14-25)21(16-17)31(27,28)24-18-8-4-5-9-20(18)29-2/h4-5,8-11,16,24H,3,6-7,12-15H2,1-2H3,(H,23,26). The number of rotatable bonds is 10. The van der Waals surface area contributed by atoms with Gasteiger partial charge in [-0.15, -0.1) is 0 Å². The highest BCUT2D eigenvalue weighted by Crippen LogP contribution is 2.34. The van der Waals surface area contributed by atoms with Crippen molar-refractivity contribution in [2.75, 3.05) is 48.4 Å². The number of anilines is 3. The Morgan fingerprint density at radius 1 is 1.13 bits per heavy atom. The van der Waals surface area contributed by atoms with Gasteiger partial charge in [-0.3, -0.25) is 9.52 Å². The predicted molar refractivity (Wildman–Crippen MR) is 121 cm³/mol. The van der Waals surface area contributed by atoms with E-state index in [0.717, 1.165) is 25.9 Å². The van der Waals surface area contributed by atoms with Crippen LogP contribution >= 0.6 is 0 Å². The summed E-state index contributed by atoms with van der Waals surface area (Å²) in [5.41, 5.74) is 1.39. The first-order valence-electron chi connectivity index (χ1n) is 10.4. The summed E-state index contributed by atoms with van der Waals surface area (Å²) in [6, 6.07) is 11.8. The van der Waals surface area contributed by atoms with Gasteiger partial charge in [0.2, 0.25) is 5.91 Å². The number of hydrogen-bond donors (Lipinski definition) is 2. The second-order valence-corrected chi connectivity index (χ2v) is 8.83. The van der Waals surface area contributed by atoms with E-state index in [9.17, 15) is 13.2 Å². The number of ether oxygens (including phenoxy) is 2. The fourth-order valence-electron chi connectivity index (χ4n) is 3.49. The third kappa shape index (κ3) is 5.89. The molecule has 1 saturated heterocycles. The lowest BCUT2D eigenvalue weighted by molar-refractivity contribution is -0.117. The summed E-state index contributed by atoms with van der Waals surface area (Å²) in [7, 11) is -2.45. The zero-order chi connectivity index (χ0) is 22.3. The van der Waals surface area contributed by atoms with Crippen molar-refractivity contribution in [3.63, 3.8) is 0 Å². The van der Waals surface area contributed by atoms with E-state index in [0.29, 0.717) is 36.0 Å². The van der Waals surface area contributed by atoms with Gasteiger partial charge in [-0.25, -0.2) is 8.42 Å². The first-order chi connectivity index (χ1) is 14.9. The molecule has 0 radical (unpaired) electrons. The highest BCUT2D eigenvalue weighted by atomic mass is 32.2. The van der Waals surface area contributed by atoms with Crippen molar-refractivity contribution in [3.05, 3.63) is 42.5 Å². The van der Waals surface area contributed by atoms with Crippen molar-refractivity contribution < 1.29 is 22.7 Å². The number of sulfonamides is 1. The van der Waals surface area contributed by atoms with E-state index >= 15 is 0 Å². The molecule has 1 aliphatic heterocycles. The van der Waals surface area contributed by atoms with Gasteiger partial charge >= 0.3 is 0 Å². The molecule has 0 aromatic heterocycles. The lowest BCUT2D eigenvalue weighted by Crippen LogP contribution is -2.23. The molecule has 0 saturated carbocycles. The van der Waals surface area contributed by atoms with Crippen molar-refractivity contribution in [3.8, 4) is 5.75 Å². The Morgan fingerprint density at radius 3 is 2.58 bits per heavy atom. The minimum atomic E-state index is -3.94. The summed E-state index contributed by atoms with van der Waals surface area (Å²) >= 11 is 0. The molecular formula is C22H29N3O5S. The Hall–Kier alpha value is -2.78. The number of para-hydroxylation sites is 2. The minimum absolute atomic E-state index is 0.114. The van der Waals surface area contributed by atoms with Crippen molar-refractivity contribution in [2.24, 2.45) is 0 Å². The largest absolute Gasteiger partial charge is 0.495 e. The van der Waals surface area contributed by atoms with E-state index in [2.05, 4.69) is 14.9 Å². The maximum absolute atomic E-state index is 13.4. The number of carbonyl (C=O) groups excluding carboxylic acids is 1. The molecule has 168 valence electrons. The molecule has 2 aromatic rings. The molecule has 0 aliphatic carbocycles. The van der Waals surface area contributed by atoms with E-state index in [1.807, 2.05) is 6.92 Å². The van der Waals surface area contributed by atoms with Crippen molar-refractivity contribution >= 4 is 33.0 Å². The number of amides is 1. The van der Waals surface area contributed by atoms with Crippen LogP contribution in [0, 0.1) is 0 Å². The van der Waals surface area contributed by atoms with Crippen LogP contribution in [0.2, 0.25) is 0 Å². The third-order valence-corrected chi connectivity index (χ3v) is 6.40. The smallest absolute Gasteiger partial charge is 0.264 e. The minimum Gasteiger partial charge on any atom is -0.495 e. The quantitative estimate of drug-likeness (QED) is 0.542. The number of nitrogens with zero attached hydrogens (tertiary/aromatic N) is 1. The summed E-state index contributed by atoms with van der Waals surface area (Å²) in [6.07, 6.45) is 2.22. The van der Waals surface area contributed by atoms with Gasteiger partial charge in [0.05, 0.1) is 31.5 Å². The number of nitrogens with one attached hydrogen (secondary N) is 2. The van der Waals surface area contributed by atoms with E-state index in [1.54, 1.807) is 36.4 Å². The fourth-order valence-corrected chi connectivity index (χ4v) is 4.81. The molecule has 9 heteroatoms. The van der Waals surface area contributed by atoms with Crippen molar-refractivity contribution in [1.29, 1.82) is 0 Å². The van der Waals surface area contributed by atoms with E-state index in [4.69, 9.17) is 9.47 Å². The summed E-state index contributed by atoms with van der Waals surface area (Å²) < 4.78 is 39.9. The summed E-state index contributed by atoms with van der Waals surface area (Å²) in [6.45, 7) is 4.29. The Bertz CT molecular complexity index is 1000. The third-order valence-electron chi connectivity index (χ3n) is 5.01. The van der Waals surface area contributed by atoms with Gasteiger partial charge in [0.15, 0.2) is 0 Å². The van der Waals surface area contributed by atoms with Gasteiger partial charge in [0.25, 0.3) is 10.0 Å². The summed E-state index contributed by atoms with van der Waals surface area (Å²) in [5, 5.41) is 2.76. The maximum Gasteiger partial charge on any atom is 0.264 e. The van der Waals surface area contributed by atoms with Gasteiger partial charge in [-0.2, -0.15) is 0 Å². The predicted octanol–water partition coefficient (Wildman–Crippen LogP) is 3.46. The number of methoxy groups -OCH3 is 1. The van der Waals surface area contributed by atoms with E-state index in [1.165, 1.54) is 13.2 Å². The molecule has 1 heterocycles. The van der Waals surface area contributed by atoms with Gasteiger partial charge in [0, 0.05) is 25.4 Å². The Morgan fingerprint density at radius 2 is 1.87 bits per heavy atom. The second kappa shape index (κ2) is 10.5. The van der Waals surface area contributed by atoms with Crippen LogP contribution in [0.3, 0.4) is 0 Å². The topological polar surface area (TPSA) is 97.0 Å². The molecule has 1 aliphatic rings. The maximum atomic E-state index is 13.4. The van der Waals surface area contributed by atoms with Crippen LogP contribution in [0.4, 0.5) is 17.1 Å². The highest BCUT2D eigenvalue weighted by molar-refractivity contribution is 7.93. The zero-order valence-electron chi connectivity index (χ0n) is 17.9. The van der Waals surface area contributed by atoms with E-state index < -0.39 is 10.0 Å². The summed E-state index contributed by atoms with van der Waals surface area (Å²) in [4.78, 5) is 14.3. The average Bonchev–Trinajstić information content (AvgIpc) is 3.29. The molecule has 0 bridgehead atoms. The molecule has 1 fully saturated rings. The van der Waals surface area contributed by atoms with E-state index in [-0.39, 0.29) is 17.2 Å². The van der Waals surface area contributed by atoms with Crippen LogP contribution in [0.5, 0.6) is 5.75 Å². The van der Waals surface area contributed by atoms with Crippen LogP contribution in [-0.4, -0.2) is 47.7 Å². The lowest BCUT2D eigenvalue weighted by Gasteiger charge is -2.23. The molecule has 0 atom stereocenters. The zero-order valence-corrected chi connectivity index (χ0v) is 18.7. The van der Waals surface area contributed by atoms with Crippen molar-refractivity contribution in [1.82, 2.24) is 0 Å². The molecule has 3 rings (SSSR count). The number of benzene rings is 2. The molecule has 8 nitrogen and oxygen atoms in total. The van der Waals surface area contributed by atoms with Gasteiger partial charge in [-0.1, -0.05) is 12.1 Å². The molecule has 2 N–H and O–H groups in total. The highest BCUT2D eigenvalue weighted by Gasteiger charge is 2.25. The van der Waals surface area contributed by atoms with Crippen LogP contribution in [-0.2, 0) is 19.6 Å². The lowest BCUT2D eigenvalue weighted by atomic mass is 10.2. The number of carbonyl (C=O) groups is 1. The molecule has 0 unspecified atom stereocenters. The first-order valence-corrected chi connectivity index (χ1v) is 11.9. The monoisotopic (exact) mass is 447 g/mol. The van der Waals surface area contributed by atoms with Crippen molar-refractivity contribution in [2.45, 2.75) is 31.1 Å². The van der Waals surface area contributed by atoms with Gasteiger partial charge < -0.3 is 19.7 Å². The molecule has 2 aromatic carbocycles. The molecule has 31 heavy (non-hydrogen) atoms. The normalized spacial score (nSPS) is 13.8. The molecular weight excluding hydrogens is 418 g/mol. The Labute approximate surface area is 183 Å². The van der Waals surface area contributed by atoms with Gasteiger partial charge in [0.1, 0.15) is 10.6 Å². The van der Waals surface area contributed by atoms with Crippen LogP contribution < -0.4 is 19.7 Å². The van der Waals surface area contributed by atoms with Gasteiger partial charge in [-0.05, 0) is 50.1 Å². The number of hydrogen-bond acceptors (Lipinski definition) is 6. The average molecular weight is 448 g/mol. The van der Waals surface area contributed by atoms with Crippen LogP contribution in [0.25, 0.3) is 0 Å². The van der Waals surface area contributed by atoms with Crippen LogP contribution in [0.15, 0.2) is 47.4 Å². The first kappa shape index (κ1) is 22.9. The SMILES string of the molecule is CCOCCC(=O)Nc1ccc(N2CCCC2)c(S(=O)(=O)Nc2ccccc2OC)c1. The fraction of sp³-hybridized carbons (Fsp3) is 0.409. The second-order valence-electron chi connectivity index (χ2n) is 7.18. The van der Waals surface area contributed by atoms with Crippen LogP contribution in [0.1, 0.15) is 26.2 Å². The molecule has 1 amide bonds. The summed E-state index contributed by atoms with van der Waals surface area (Å²) in [5.74, 6) is 0.192. The Balaban J connectivity index is 1.91. The Kier molecular flexibility index (Phi) is 7.75.